The fourth-order valence-electron chi connectivity index (χ4n) is 7.21. The standard InChI is InChI=1S/C42H30N2S/c1-42(2)37-13-7-5-11-33(37)36-26-32(21-22-38(36)42)44(41-40-35(23-24-43-41)34-12-6-8-14-39(34)45-40)31-19-17-28(18-20-31)30-16-15-27-9-3-4-10-29(27)25-30/h3-26H,1-2H3. The molecular formula is C42H30N2S. The molecule has 8 aromatic rings. The van der Waals surface area contributed by atoms with E-state index in [0.717, 1.165) is 17.2 Å². The van der Waals surface area contributed by atoms with Crippen LogP contribution in [0, 0.1) is 0 Å². The normalized spacial score (nSPS) is 13.3. The zero-order valence-corrected chi connectivity index (χ0v) is 26.0. The second kappa shape index (κ2) is 9.88. The van der Waals surface area contributed by atoms with E-state index in [2.05, 4.69) is 158 Å². The van der Waals surface area contributed by atoms with Crippen LogP contribution in [0.3, 0.4) is 0 Å². The molecule has 1 aliphatic carbocycles. The molecule has 0 aliphatic heterocycles. The Morgan fingerprint density at radius 3 is 2.16 bits per heavy atom. The Bertz CT molecular complexity index is 2420. The van der Waals surface area contributed by atoms with Crippen LogP contribution in [0.1, 0.15) is 25.0 Å². The van der Waals surface area contributed by atoms with E-state index in [1.54, 1.807) is 0 Å². The summed E-state index contributed by atoms with van der Waals surface area (Å²) in [4.78, 5) is 7.42. The van der Waals surface area contributed by atoms with Gasteiger partial charge in [0.15, 0.2) is 5.82 Å². The minimum Gasteiger partial charge on any atom is -0.294 e. The predicted octanol–water partition coefficient (Wildman–Crippen LogP) is 12.0. The lowest BCUT2D eigenvalue weighted by molar-refractivity contribution is 0.660. The quantitative estimate of drug-likeness (QED) is 0.201. The van der Waals surface area contributed by atoms with Crippen LogP contribution in [0.4, 0.5) is 17.2 Å². The SMILES string of the molecule is CC1(C)c2ccccc2-c2cc(N(c3ccc(-c4ccc5ccccc5c4)cc3)c3nccc4c3sc3ccccc34)ccc21. The maximum atomic E-state index is 5.07. The van der Waals surface area contributed by atoms with E-state index < -0.39 is 0 Å². The van der Waals surface area contributed by atoms with Crippen molar-refractivity contribution >= 4 is 59.5 Å². The third-order valence-corrected chi connectivity index (χ3v) is 10.7. The molecule has 0 bridgehead atoms. The first kappa shape index (κ1) is 26.2. The van der Waals surface area contributed by atoms with Gasteiger partial charge in [0.25, 0.3) is 0 Å². The van der Waals surface area contributed by atoms with E-state index >= 15 is 0 Å². The van der Waals surface area contributed by atoms with Crippen molar-refractivity contribution in [1.29, 1.82) is 0 Å². The summed E-state index contributed by atoms with van der Waals surface area (Å²) in [6, 6.07) is 50.8. The molecule has 0 saturated heterocycles. The number of thiophene rings is 1. The second-order valence-electron chi connectivity index (χ2n) is 12.5. The summed E-state index contributed by atoms with van der Waals surface area (Å²) in [5.41, 5.74) is 9.93. The summed E-state index contributed by atoms with van der Waals surface area (Å²) in [5.74, 6) is 0.956. The molecule has 0 spiro atoms. The van der Waals surface area contributed by atoms with Gasteiger partial charge in [0.2, 0.25) is 0 Å². The zero-order chi connectivity index (χ0) is 30.1. The molecule has 0 unspecified atom stereocenters. The molecule has 45 heavy (non-hydrogen) atoms. The van der Waals surface area contributed by atoms with E-state index in [1.165, 1.54) is 64.3 Å². The Hall–Kier alpha value is -5.25. The molecular weight excluding hydrogens is 565 g/mol. The van der Waals surface area contributed by atoms with Gasteiger partial charge in [0.05, 0.1) is 4.70 Å². The summed E-state index contributed by atoms with van der Waals surface area (Å²) in [5, 5.41) is 5.03. The molecule has 0 fully saturated rings. The Morgan fingerprint density at radius 2 is 1.27 bits per heavy atom. The third kappa shape index (κ3) is 4.04. The minimum atomic E-state index is -0.0411. The number of aromatic nitrogens is 1. The molecule has 0 amide bonds. The lowest BCUT2D eigenvalue weighted by Gasteiger charge is -2.26. The zero-order valence-electron chi connectivity index (χ0n) is 25.2. The lowest BCUT2D eigenvalue weighted by atomic mass is 9.82. The molecule has 6 aromatic carbocycles. The van der Waals surface area contributed by atoms with Crippen LogP contribution < -0.4 is 4.90 Å². The fourth-order valence-corrected chi connectivity index (χ4v) is 8.39. The third-order valence-electron chi connectivity index (χ3n) is 9.52. The molecule has 0 N–H and O–H groups in total. The van der Waals surface area contributed by atoms with Crippen molar-refractivity contribution in [3.63, 3.8) is 0 Å². The molecule has 2 heterocycles. The van der Waals surface area contributed by atoms with Crippen LogP contribution >= 0.6 is 11.3 Å². The highest BCUT2D eigenvalue weighted by Crippen LogP contribution is 2.51. The Labute approximate surface area is 266 Å². The van der Waals surface area contributed by atoms with E-state index in [-0.39, 0.29) is 5.41 Å². The van der Waals surface area contributed by atoms with E-state index in [9.17, 15) is 0 Å². The highest BCUT2D eigenvalue weighted by molar-refractivity contribution is 7.26. The molecule has 0 radical (unpaired) electrons. The Kier molecular flexibility index (Phi) is 5.75. The predicted molar refractivity (Wildman–Crippen MR) is 192 cm³/mol. The number of nitrogens with zero attached hydrogens (tertiary/aromatic N) is 2. The van der Waals surface area contributed by atoms with Crippen LogP contribution in [0.5, 0.6) is 0 Å². The molecule has 3 heteroatoms. The van der Waals surface area contributed by atoms with Gasteiger partial charge in [-0.15, -0.1) is 11.3 Å². The number of fused-ring (bicyclic) bond motifs is 7. The smallest absolute Gasteiger partial charge is 0.155 e. The van der Waals surface area contributed by atoms with Gasteiger partial charge in [0.1, 0.15) is 0 Å². The van der Waals surface area contributed by atoms with Gasteiger partial charge in [0, 0.05) is 38.5 Å². The van der Waals surface area contributed by atoms with Crippen LogP contribution in [0.15, 0.2) is 146 Å². The van der Waals surface area contributed by atoms with Crippen LogP contribution in [0.25, 0.3) is 53.2 Å². The van der Waals surface area contributed by atoms with Gasteiger partial charge >= 0.3 is 0 Å². The summed E-state index contributed by atoms with van der Waals surface area (Å²) >= 11 is 1.82. The van der Waals surface area contributed by atoms with Crippen LogP contribution in [-0.4, -0.2) is 4.98 Å². The Balaban J connectivity index is 1.23. The van der Waals surface area contributed by atoms with Gasteiger partial charge < -0.3 is 0 Å². The van der Waals surface area contributed by atoms with Gasteiger partial charge in [-0.2, -0.15) is 0 Å². The molecule has 0 saturated carbocycles. The highest BCUT2D eigenvalue weighted by Gasteiger charge is 2.35. The lowest BCUT2D eigenvalue weighted by Crippen LogP contribution is -2.15. The first-order chi connectivity index (χ1) is 22.1. The average molecular weight is 595 g/mol. The number of hydrogen-bond donors (Lipinski definition) is 0. The van der Waals surface area contributed by atoms with Crippen molar-refractivity contribution in [1.82, 2.24) is 4.98 Å². The van der Waals surface area contributed by atoms with E-state index in [0.29, 0.717) is 0 Å². The molecule has 2 aromatic heterocycles. The van der Waals surface area contributed by atoms with Gasteiger partial charge in [-0.3, -0.25) is 4.90 Å². The summed E-state index contributed by atoms with van der Waals surface area (Å²) in [7, 11) is 0. The van der Waals surface area contributed by atoms with Crippen molar-refractivity contribution in [3.8, 4) is 22.3 Å². The summed E-state index contributed by atoms with van der Waals surface area (Å²) < 4.78 is 2.47. The summed E-state index contributed by atoms with van der Waals surface area (Å²) in [6.07, 6.45) is 1.96. The van der Waals surface area contributed by atoms with Gasteiger partial charge in [-0.25, -0.2) is 4.98 Å². The molecule has 1 aliphatic rings. The molecule has 2 nitrogen and oxygen atoms in total. The topological polar surface area (TPSA) is 16.1 Å². The average Bonchev–Trinajstić information content (AvgIpc) is 3.58. The van der Waals surface area contributed by atoms with Crippen LogP contribution in [-0.2, 0) is 5.41 Å². The van der Waals surface area contributed by atoms with Crippen LogP contribution in [0.2, 0.25) is 0 Å². The minimum absolute atomic E-state index is 0.0411. The number of hydrogen-bond acceptors (Lipinski definition) is 3. The summed E-state index contributed by atoms with van der Waals surface area (Å²) in [6.45, 7) is 4.67. The van der Waals surface area contributed by atoms with Gasteiger partial charge in [-0.05, 0) is 86.6 Å². The maximum Gasteiger partial charge on any atom is 0.155 e. The Morgan fingerprint density at radius 1 is 0.556 bits per heavy atom. The first-order valence-corrected chi connectivity index (χ1v) is 16.3. The number of benzene rings is 6. The monoisotopic (exact) mass is 594 g/mol. The number of anilines is 3. The van der Waals surface area contributed by atoms with Crippen molar-refractivity contribution < 1.29 is 0 Å². The largest absolute Gasteiger partial charge is 0.294 e. The molecule has 214 valence electrons. The first-order valence-electron chi connectivity index (χ1n) is 15.5. The molecule has 0 atom stereocenters. The van der Waals surface area contributed by atoms with Crippen molar-refractivity contribution in [3.05, 3.63) is 157 Å². The van der Waals surface area contributed by atoms with E-state index in [4.69, 9.17) is 4.98 Å². The van der Waals surface area contributed by atoms with Crippen molar-refractivity contribution in [2.45, 2.75) is 19.3 Å². The number of pyridine rings is 1. The van der Waals surface area contributed by atoms with Crippen molar-refractivity contribution in [2.75, 3.05) is 4.90 Å². The molecule has 9 rings (SSSR count). The second-order valence-corrected chi connectivity index (χ2v) is 13.5. The highest BCUT2D eigenvalue weighted by atomic mass is 32.1. The van der Waals surface area contributed by atoms with E-state index in [1.807, 2.05) is 17.5 Å². The number of rotatable bonds is 4. The van der Waals surface area contributed by atoms with Gasteiger partial charge in [-0.1, -0.05) is 111 Å². The fraction of sp³-hybridized carbons (Fsp3) is 0.0714. The van der Waals surface area contributed by atoms with Crippen molar-refractivity contribution in [2.24, 2.45) is 0 Å². The maximum absolute atomic E-state index is 5.07.